The summed E-state index contributed by atoms with van der Waals surface area (Å²) < 4.78 is 16.8. The summed E-state index contributed by atoms with van der Waals surface area (Å²) in [6, 6.07) is 9.30. The minimum atomic E-state index is -1.58. The van der Waals surface area contributed by atoms with Gasteiger partial charge in [0, 0.05) is 12.1 Å². The Hall–Kier alpha value is -2.82. The third kappa shape index (κ3) is 3.81. The van der Waals surface area contributed by atoms with Gasteiger partial charge in [-0.1, -0.05) is 12.1 Å². The van der Waals surface area contributed by atoms with Crippen LogP contribution in [0.1, 0.15) is 17.2 Å². The number of aliphatic hydroxyl groups excluding tert-OH is 4. The molecule has 4 rings (SSSR count). The average Bonchev–Trinajstić information content (AvgIpc) is 2.74. The van der Waals surface area contributed by atoms with Crippen LogP contribution in [0.4, 0.5) is 0 Å². The van der Waals surface area contributed by atoms with Gasteiger partial charge in [-0.05, 0) is 29.8 Å². The highest BCUT2D eigenvalue weighted by atomic mass is 16.7. The number of phenols is 2. The van der Waals surface area contributed by atoms with E-state index in [1.807, 2.05) is 0 Å². The van der Waals surface area contributed by atoms with E-state index in [0.717, 1.165) is 5.56 Å². The molecule has 6 atom stereocenters. The highest BCUT2D eigenvalue weighted by molar-refractivity contribution is 5.68. The molecular weight excluding hydrogens is 396 g/mol. The van der Waals surface area contributed by atoms with E-state index in [0.29, 0.717) is 11.3 Å². The molecule has 9 nitrogen and oxygen atoms in total. The topological polar surface area (TPSA) is 149 Å². The van der Waals surface area contributed by atoms with Crippen molar-refractivity contribution in [1.29, 1.82) is 0 Å². The zero-order valence-corrected chi connectivity index (χ0v) is 15.7. The number of hydrogen-bond acceptors (Lipinski definition) is 9. The van der Waals surface area contributed by atoms with Crippen LogP contribution in [0.3, 0.4) is 0 Å². The van der Waals surface area contributed by atoms with Crippen molar-refractivity contribution in [2.24, 2.45) is 0 Å². The molecule has 1 fully saturated rings. The van der Waals surface area contributed by atoms with Gasteiger partial charge >= 0.3 is 0 Å². The van der Waals surface area contributed by atoms with E-state index < -0.39 is 43.4 Å². The number of aliphatic hydroxyl groups is 4. The second-order valence-electron chi connectivity index (χ2n) is 7.16. The van der Waals surface area contributed by atoms with E-state index >= 15 is 0 Å². The molecule has 0 spiro atoms. The van der Waals surface area contributed by atoms with Crippen LogP contribution >= 0.6 is 0 Å². The number of hydrogen-bond donors (Lipinski definition) is 6. The zero-order chi connectivity index (χ0) is 21.4. The molecule has 1 unspecified atom stereocenters. The molecule has 0 radical (unpaired) electrons. The van der Waals surface area contributed by atoms with Gasteiger partial charge in [0.2, 0.25) is 6.29 Å². The van der Waals surface area contributed by atoms with E-state index in [1.54, 1.807) is 24.3 Å². The van der Waals surface area contributed by atoms with E-state index in [1.165, 1.54) is 24.3 Å². The van der Waals surface area contributed by atoms with Crippen LogP contribution in [0, 0.1) is 0 Å². The van der Waals surface area contributed by atoms with Gasteiger partial charge in [0.15, 0.2) is 0 Å². The smallest absolute Gasteiger partial charge is 0.229 e. The lowest BCUT2D eigenvalue weighted by Crippen LogP contribution is -2.60. The fourth-order valence-corrected chi connectivity index (χ4v) is 3.42. The van der Waals surface area contributed by atoms with Crippen molar-refractivity contribution in [3.05, 3.63) is 53.6 Å². The Morgan fingerprint density at radius 1 is 0.933 bits per heavy atom. The molecule has 0 aromatic heterocycles. The zero-order valence-electron chi connectivity index (χ0n) is 15.7. The number of phenolic OH excluding ortho intramolecular Hbond substituents is 2. The SMILES string of the molecule is OC[C@H]1O[C@@H](Oc2cc(O)c3c(c2)OC(c2ccc(O)cc2)C=C3)[C@@H](O)[C@@H](O)[C@@H]1O. The van der Waals surface area contributed by atoms with Crippen LogP contribution in [0.5, 0.6) is 23.0 Å². The molecule has 6 N–H and O–H groups in total. The lowest BCUT2D eigenvalue weighted by atomic mass is 9.99. The summed E-state index contributed by atoms with van der Waals surface area (Å²) in [5.74, 6) is 0.407. The van der Waals surface area contributed by atoms with Crippen LogP contribution in [-0.4, -0.2) is 68.0 Å². The molecule has 2 aliphatic heterocycles. The lowest BCUT2D eigenvalue weighted by molar-refractivity contribution is -0.277. The third-order valence-electron chi connectivity index (χ3n) is 5.11. The molecule has 9 heteroatoms. The van der Waals surface area contributed by atoms with E-state index in [-0.39, 0.29) is 17.2 Å². The molecule has 0 amide bonds. The number of benzene rings is 2. The minimum absolute atomic E-state index is 0.0929. The van der Waals surface area contributed by atoms with Gasteiger partial charge in [-0.15, -0.1) is 0 Å². The summed E-state index contributed by atoms with van der Waals surface area (Å²) in [4.78, 5) is 0. The quantitative estimate of drug-likeness (QED) is 0.415. The van der Waals surface area contributed by atoms with Crippen LogP contribution in [0.25, 0.3) is 6.08 Å². The molecule has 2 aliphatic rings. The van der Waals surface area contributed by atoms with Crippen molar-refractivity contribution in [1.82, 2.24) is 0 Å². The van der Waals surface area contributed by atoms with Gasteiger partial charge < -0.3 is 44.8 Å². The van der Waals surface area contributed by atoms with Gasteiger partial charge in [0.25, 0.3) is 0 Å². The molecule has 2 aromatic carbocycles. The summed E-state index contributed by atoms with van der Waals surface area (Å²) in [5.41, 5.74) is 1.22. The van der Waals surface area contributed by atoms with E-state index in [9.17, 15) is 30.6 Å². The number of ether oxygens (including phenoxy) is 3. The van der Waals surface area contributed by atoms with Crippen molar-refractivity contribution < 1.29 is 44.8 Å². The number of aromatic hydroxyl groups is 2. The molecule has 0 aliphatic carbocycles. The Morgan fingerprint density at radius 3 is 2.37 bits per heavy atom. The number of rotatable bonds is 4. The Morgan fingerprint density at radius 2 is 1.67 bits per heavy atom. The van der Waals surface area contributed by atoms with Crippen molar-refractivity contribution in [2.75, 3.05) is 6.61 Å². The van der Waals surface area contributed by atoms with E-state index in [4.69, 9.17) is 14.2 Å². The van der Waals surface area contributed by atoms with Crippen LogP contribution in [-0.2, 0) is 4.74 Å². The van der Waals surface area contributed by atoms with Crippen molar-refractivity contribution in [3.63, 3.8) is 0 Å². The molecule has 2 heterocycles. The van der Waals surface area contributed by atoms with Crippen LogP contribution in [0.2, 0.25) is 0 Å². The van der Waals surface area contributed by atoms with Gasteiger partial charge in [0.1, 0.15) is 53.5 Å². The number of fused-ring (bicyclic) bond motifs is 1. The first kappa shape index (κ1) is 20.5. The highest BCUT2D eigenvalue weighted by Gasteiger charge is 2.44. The molecule has 2 aromatic rings. The average molecular weight is 418 g/mol. The first-order chi connectivity index (χ1) is 14.4. The molecule has 0 bridgehead atoms. The van der Waals surface area contributed by atoms with Gasteiger partial charge in [0.05, 0.1) is 12.2 Å². The molecular formula is C21H22O9. The fraction of sp³-hybridized carbons (Fsp3) is 0.333. The Kier molecular flexibility index (Phi) is 5.54. The summed E-state index contributed by atoms with van der Waals surface area (Å²) >= 11 is 0. The molecule has 1 saturated heterocycles. The molecule has 0 saturated carbocycles. The molecule has 160 valence electrons. The minimum Gasteiger partial charge on any atom is -0.508 e. The second kappa shape index (κ2) is 8.13. The monoisotopic (exact) mass is 418 g/mol. The maximum absolute atomic E-state index is 10.3. The Labute approximate surface area is 171 Å². The normalized spacial score (nSPS) is 30.4. The van der Waals surface area contributed by atoms with Crippen LogP contribution < -0.4 is 9.47 Å². The maximum Gasteiger partial charge on any atom is 0.229 e. The van der Waals surface area contributed by atoms with Gasteiger partial charge in [-0.2, -0.15) is 0 Å². The lowest BCUT2D eigenvalue weighted by Gasteiger charge is -2.39. The van der Waals surface area contributed by atoms with Crippen molar-refractivity contribution in [2.45, 2.75) is 36.8 Å². The maximum atomic E-state index is 10.3. The predicted molar refractivity (Wildman–Crippen MR) is 103 cm³/mol. The summed E-state index contributed by atoms with van der Waals surface area (Å²) in [6.45, 7) is -0.581. The highest BCUT2D eigenvalue weighted by Crippen LogP contribution is 2.41. The van der Waals surface area contributed by atoms with Crippen LogP contribution in [0.15, 0.2) is 42.5 Å². The summed E-state index contributed by atoms with van der Waals surface area (Å²) in [7, 11) is 0. The first-order valence-electron chi connectivity index (χ1n) is 9.35. The largest absolute Gasteiger partial charge is 0.508 e. The summed E-state index contributed by atoms with van der Waals surface area (Å²) in [5, 5.41) is 59.0. The molecule has 30 heavy (non-hydrogen) atoms. The van der Waals surface area contributed by atoms with Gasteiger partial charge in [-0.25, -0.2) is 0 Å². The predicted octanol–water partition coefficient (Wildman–Crippen LogP) is 0.423. The van der Waals surface area contributed by atoms with E-state index in [2.05, 4.69) is 0 Å². The fourth-order valence-electron chi connectivity index (χ4n) is 3.42. The Bertz CT molecular complexity index is 925. The first-order valence-corrected chi connectivity index (χ1v) is 9.35. The van der Waals surface area contributed by atoms with Gasteiger partial charge in [-0.3, -0.25) is 0 Å². The van der Waals surface area contributed by atoms with Crippen molar-refractivity contribution in [3.8, 4) is 23.0 Å². The Balaban J connectivity index is 1.56. The summed E-state index contributed by atoms with van der Waals surface area (Å²) in [6.07, 6.45) is -4.16. The standard InChI is InChI=1S/C21H22O9/c22-9-17-18(25)19(26)20(27)21(30-17)28-12-7-14(24)13-5-6-15(29-16(13)8-12)10-1-3-11(23)4-2-10/h1-8,15,17-27H,9H2/t15?,17-,18-,19+,20+,21-/m1/s1. The second-order valence-corrected chi connectivity index (χ2v) is 7.16. The third-order valence-corrected chi connectivity index (χ3v) is 5.11. The van der Waals surface area contributed by atoms with Crippen molar-refractivity contribution >= 4 is 6.08 Å².